The molecule has 0 unspecified atom stereocenters. The van der Waals surface area contributed by atoms with Crippen LogP contribution in [0.2, 0.25) is 0 Å². The molecule has 0 aliphatic carbocycles. The second-order valence-electron chi connectivity index (χ2n) is 1.86. The average molecular weight is 840 g/mol. The van der Waals surface area contributed by atoms with E-state index in [0.29, 0.717) is 0 Å². The summed E-state index contributed by atoms with van der Waals surface area (Å²) < 4.78 is 89.1. The second-order valence-corrected chi connectivity index (χ2v) is 3.51. The van der Waals surface area contributed by atoms with E-state index in [9.17, 15) is 16.6 Å². The number of aliphatic hydroxyl groups excluding tert-OH is 1. The van der Waals surface area contributed by atoms with E-state index in [1.165, 1.54) is 0 Å². The van der Waals surface area contributed by atoms with E-state index in [1.54, 1.807) is 0 Å². The number of aliphatic hydroxyl groups is 1. The molecule has 0 aliphatic rings. The van der Waals surface area contributed by atoms with Gasteiger partial charge in [-0.2, -0.15) is 16.8 Å². The molecular formula is C5H14F4I3Na3O11S2. The van der Waals surface area contributed by atoms with Crippen LogP contribution in [-0.4, -0.2) is 68.6 Å². The predicted octanol–water partition coefficient (Wildman–Crippen LogP) is -8.50. The summed E-state index contributed by atoms with van der Waals surface area (Å²) in [5.41, 5.74) is 0. The van der Waals surface area contributed by atoms with E-state index in [-0.39, 0.29) is 116 Å². The fourth-order valence-corrected chi connectivity index (χ4v) is 0. The van der Waals surface area contributed by atoms with Crippen molar-refractivity contribution >= 4 is 94.2 Å². The van der Waals surface area contributed by atoms with Crippen molar-refractivity contribution in [2.24, 2.45) is 0 Å². The van der Waals surface area contributed by atoms with Crippen LogP contribution in [0.25, 0.3) is 0 Å². The van der Waals surface area contributed by atoms with Crippen molar-refractivity contribution < 1.29 is 159 Å². The van der Waals surface area contributed by atoms with Gasteiger partial charge in [0.25, 0.3) is 0 Å². The molecule has 0 radical (unpaired) electrons. The Labute approximate surface area is 268 Å². The minimum atomic E-state index is -5.17. The Morgan fingerprint density at radius 1 is 0.893 bits per heavy atom. The zero-order chi connectivity index (χ0) is 21.6. The van der Waals surface area contributed by atoms with Gasteiger partial charge in [0, 0.05) is 44.3 Å². The van der Waals surface area contributed by atoms with E-state index in [0.717, 1.165) is 7.11 Å². The molecule has 0 amide bonds. The third-order valence-corrected chi connectivity index (χ3v) is 0.223. The van der Waals surface area contributed by atoms with Gasteiger partial charge in [-0.05, 0) is 0 Å². The van der Waals surface area contributed by atoms with Crippen molar-refractivity contribution in [1.82, 2.24) is 0 Å². The van der Waals surface area contributed by atoms with Crippen LogP contribution in [0.1, 0.15) is 2.85 Å². The molecule has 11 nitrogen and oxygen atoms in total. The average Bonchev–Trinajstić information content (AvgIpc) is 2.40. The summed E-state index contributed by atoms with van der Waals surface area (Å²) in [6.45, 7) is -2.67. The summed E-state index contributed by atoms with van der Waals surface area (Å²) in [5.74, 6) is -3.07. The van der Waals surface area contributed by atoms with Crippen LogP contribution in [0.15, 0.2) is 0 Å². The molecule has 28 heavy (non-hydrogen) atoms. The number of carboxylic acid groups (broad SMARTS) is 2. The molecule has 0 bridgehead atoms. The van der Waals surface area contributed by atoms with Gasteiger partial charge in [-0.15, -0.1) is 24.0 Å². The molecular weight excluding hydrogens is 826 g/mol. The standard InChI is InChI=1S/2C2H3FO2.CH4O.2FHO3S.I2.HI.3Na.2H/c2*3-1-2(4)5;1-2;2*1-5(2,3)4;1-2;;;;;;/h2*1H2,(H,4,5);2H,1H3;2*(H,2,3,4);;1H;;;;;/q;;;;;;;3*+1;2*-1/p-1. The van der Waals surface area contributed by atoms with E-state index < -0.39 is 46.3 Å². The van der Waals surface area contributed by atoms with Gasteiger partial charge >= 0.3 is 116 Å². The molecule has 0 atom stereocenters. The number of rotatable bonds is 2. The Morgan fingerprint density at radius 2 is 0.964 bits per heavy atom. The summed E-state index contributed by atoms with van der Waals surface area (Å²) in [7, 11) is -9.33. The zero-order valence-corrected chi connectivity index (χ0v) is 28.8. The summed E-state index contributed by atoms with van der Waals surface area (Å²) in [6, 6.07) is 0. The Morgan fingerprint density at radius 3 is 0.964 bits per heavy atom. The molecule has 164 valence electrons. The van der Waals surface area contributed by atoms with Gasteiger partial charge in [0.2, 0.25) is 0 Å². The molecule has 0 aliphatic heterocycles. The molecule has 0 fully saturated rings. The molecule has 0 aromatic carbocycles. The van der Waals surface area contributed by atoms with Gasteiger partial charge in [-0.1, -0.05) is 7.77 Å². The normalized spacial score (nSPS) is 7.21. The third kappa shape index (κ3) is 417. The van der Waals surface area contributed by atoms with Crippen LogP contribution in [-0.2, 0) is 30.6 Å². The summed E-state index contributed by atoms with van der Waals surface area (Å²) in [6.07, 6.45) is 0. The number of carbonyl (C=O) groups excluding carboxylic acids is 1. The number of hydrogen-bond acceptors (Lipinski definition) is 8. The maximum absolute atomic E-state index is 10.5. The minimum Gasteiger partial charge on any atom is -1.00 e. The fourth-order valence-electron chi connectivity index (χ4n) is 0. The minimum absolute atomic E-state index is 0. The molecule has 0 aromatic rings. The van der Waals surface area contributed by atoms with Crippen molar-refractivity contribution in [3.63, 3.8) is 0 Å². The van der Waals surface area contributed by atoms with Crippen molar-refractivity contribution in [2.45, 2.75) is 0 Å². The van der Waals surface area contributed by atoms with Crippen molar-refractivity contribution in [1.29, 1.82) is 0 Å². The van der Waals surface area contributed by atoms with Crippen LogP contribution < -0.4 is 93.8 Å². The third-order valence-electron chi connectivity index (χ3n) is 0.223. The Balaban J connectivity index is -0.0000000128. The van der Waals surface area contributed by atoms with Crippen LogP contribution >= 0.6 is 61.2 Å². The first kappa shape index (κ1) is 63.4. The van der Waals surface area contributed by atoms with Gasteiger partial charge in [0.1, 0.15) is 6.67 Å². The number of aliphatic carboxylic acids is 2. The molecule has 4 N–H and O–H groups in total. The first-order chi connectivity index (χ1) is 10.5. The molecule has 0 saturated carbocycles. The number of alkyl halides is 2. The number of halogens is 7. The van der Waals surface area contributed by atoms with Gasteiger partial charge in [-0.25, -0.2) is 13.6 Å². The van der Waals surface area contributed by atoms with Crippen LogP contribution in [0.5, 0.6) is 0 Å². The first-order valence-electron chi connectivity index (χ1n) is 4.01. The van der Waals surface area contributed by atoms with E-state index in [4.69, 9.17) is 50.8 Å². The van der Waals surface area contributed by atoms with Gasteiger partial charge in [0.05, 0.1) is 5.97 Å². The number of carbonyl (C=O) groups is 2. The summed E-state index contributed by atoms with van der Waals surface area (Å²) >= 11 is 4.24. The fraction of sp³-hybridized carbons (Fsp3) is 0.600. The monoisotopic (exact) mass is 840 g/mol. The largest absolute Gasteiger partial charge is 1.00 e. The summed E-state index contributed by atoms with van der Waals surface area (Å²) in [4.78, 5) is 17.9. The van der Waals surface area contributed by atoms with Crippen molar-refractivity contribution in [2.75, 3.05) is 20.5 Å². The van der Waals surface area contributed by atoms with Crippen LogP contribution in [0, 0.1) is 0 Å². The van der Waals surface area contributed by atoms with E-state index >= 15 is 0 Å². The molecule has 23 heteroatoms. The maximum Gasteiger partial charge on any atom is 1.00 e. The van der Waals surface area contributed by atoms with Crippen molar-refractivity contribution in [3.8, 4) is 0 Å². The van der Waals surface area contributed by atoms with Crippen molar-refractivity contribution in [3.05, 3.63) is 0 Å². The molecule has 0 spiro atoms. The van der Waals surface area contributed by atoms with Gasteiger partial charge in [0.15, 0.2) is 6.67 Å². The quantitative estimate of drug-likeness (QED) is 0.0676. The van der Waals surface area contributed by atoms with Crippen LogP contribution in [0.4, 0.5) is 16.6 Å². The Hall–Kier alpha value is 3.63. The SMILES string of the molecule is CO.I.II.O=C(O)CF.O=C([O-])CF.O=S(=O)(O)F.O=S(=O)(O)F.[H-].[H-].[Na+].[Na+].[Na+]. The number of hydrogen-bond donors (Lipinski definition) is 4. The predicted molar refractivity (Wildman–Crippen MR) is 104 cm³/mol. The molecule has 0 rings (SSSR count). The van der Waals surface area contributed by atoms with E-state index in [1.807, 2.05) is 0 Å². The maximum atomic E-state index is 10.5. The smallest absolute Gasteiger partial charge is 1.00 e. The first-order valence-corrected chi connectivity index (χ1v) is 13.0. The van der Waals surface area contributed by atoms with E-state index in [2.05, 4.69) is 37.2 Å². The Kier molecular flexibility index (Phi) is 109. The molecule has 0 aromatic heterocycles. The molecule has 0 saturated heterocycles. The second kappa shape index (κ2) is 48.2. The molecule has 0 heterocycles. The van der Waals surface area contributed by atoms with Crippen LogP contribution in [0.3, 0.4) is 0 Å². The summed E-state index contributed by atoms with van der Waals surface area (Å²) in [5, 5.41) is 23.2. The van der Waals surface area contributed by atoms with Gasteiger partial charge in [-0.3, -0.25) is 9.11 Å². The zero-order valence-electron chi connectivity index (χ0n) is 16.6. The number of carboxylic acids is 2. The Bertz CT molecular complexity index is 436. The topological polar surface area (TPSA) is 206 Å². The van der Waals surface area contributed by atoms with Gasteiger partial charge < -0.3 is 23.0 Å².